The molecule has 1 rings (SSSR count). The van der Waals surface area contributed by atoms with Gasteiger partial charge in [0.1, 0.15) is 0 Å². The van der Waals surface area contributed by atoms with E-state index in [0.717, 1.165) is 13.8 Å². The van der Waals surface area contributed by atoms with Gasteiger partial charge in [-0.15, -0.1) is 0 Å². The monoisotopic (exact) mass is 281 g/mol. The zero-order valence-electron chi connectivity index (χ0n) is 11.0. The minimum atomic E-state index is -4.45. The Hall–Kier alpha value is -1.27. The van der Waals surface area contributed by atoms with Crippen LogP contribution in [0.1, 0.15) is 33.1 Å². The molecule has 19 heavy (non-hydrogen) atoms. The van der Waals surface area contributed by atoms with Gasteiger partial charge in [0.15, 0.2) is 0 Å². The topological polar surface area (TPSA) is 57.6 Å². The van der Waals surface area contributed by atoms with Crippen molar-refractivity contribution >= 4 is 11.9 Å². The number of carboxylic acid groups (broad SMARTS) is 1. The van der Waals surface area contributed by atoms with Crippen LogP contribution in [0, 0.1) is 11.3 Å². The molecule has 7 heteroatoms. The van der Waals surface area contributed by atoms with Crippen molar-refractivity contribution in [3.05, 3.63) is 0 Å². The summed E-state index contributed by atoms with van der Waals surface area (Å²) in [7, 11) is 0. The highest BCUT2D eigenvalue weighted by Gasteiger charge is 2.49. The maximum Gasteiger partial charge on any atom is 0.394 e. The summed E-state index contributed by atoms with van der Waals surface area (Å²) >= 11 is 0. The first-order valence-corrected chi connectivity index (χ1v) is 6.12. The molecule has 0 aromatic carbocycles. The summed E-state index contributed by atoms with van der Waals surface area (Å²) in [6, 6.07) is 0. The van der Waals surface area contributed by atoms with Gasteiger partial charge in [0.2, 0.25) is 5.91 Å². The number of carbonyl (C=O) groups excluding carboxylic acids is 1. The molecule has 0 saturated carbocycles. The van der Waals surface area contributed by atoms with Gasteiger partial charge in [0, 0.05) is 19.5 Å². The fourth-order valence-corrected chi connectivity index (χ4v) is 2.00. The number of alkyl halides is 3. The molecule has 0 aliphatic carbocycles. The first-order valence-electron chi connectivity index (χ1n) is 6.12. The van der Waals surface area contributed by atoms with Crippen LogP contribution >= 0.6 is 0 Å². The third-order valence-corrected chi connectivity index (χ3v) is 3.48. The number of likely N-dealkylation sites (tertiary alicyclic amines) is 1. The van der Waals surface area contributed by atoms with Crippen molar-refractivity contribution in [1.82, 2.24) is 4.90 Å². The maximum absolute atomic E-state index is 12.7. The van der Waals surface area contributed by atoms with Crippen molar-refractivity contribution in [1.29, 1.82) is 0 Å². The molecule has 1 unspecified atom stereocenters. The van der Waals surface area contributed by atoms with E-state index in [1.165, 1.54) is 4.90 Å². The fraction of sp³-hybridized carbons (Fsp3) is 0.833. The Bertz CT molecular complexity index is 366. The molecule has 1 aliphatic rings. The third kappa shape index (κ3) is 3.84. The van der Waals surface area contributed by atoms with Crippen LogP contribution in [0.5, 0.6) is 0 Å². The predicted octanol–water partition coefficient (Wildman–Crippen LogP) is 2.29. The fourth-order valence-electron chi connectivity index (χ4n) is 2.00. The Morgan fingerprint density at radius 3 is 2.37 bits per heavy atom. The quantitative estimate of drug-likeness (QED) is 0.863. The summed E-state index contributed by atoms with van der Waals surface area (Å²) < 4.78 is 38.1. The van der Waals surface area contributed by atoms with Gasteiger partial charge in [0.25, 0.3) is 0 Å². The Morgan fingerprint density at radius 2 is 1.89 bits per heavy atom. The Labute approximate surface area is 109 Å². The number of rotatable bonds is 3. The predicted molar refractivity (Wildman–Crippen MR) is 61.4 cm³/mol. The Kier molecular flexibility index (Phi) is 4.47. The van der Waals surface area contributed by atoms with Crippen LogP contribution in [-0.4, -0.2) is 41.1 Å². The van der Waals surface area contributed by atoms with Crippen molar-refractivity contribution in [2.45, 2.75) is 39.3 Å². The molecule has 4 nitrogen and oxygen atoms in total. The van der Waals surface area contributed by atoms with Crippen molar-refractivity contribution in [3.63, 3.8) is 0 Å². The largest absolute Gasteiger partial charge is 0.481 e. The van der Waals surface area contributed by atoms with Gasteiger partial charge in [-0.05, 0) is 12.8 Å². The molecule has 1 amide bonds. The van der Waals surface area contributed by atoms with Gasteiger partial charge in [-0.25, -0.2) is 0 Å². The molecule has 1 atom stereocenters. The van der Waals surface area contributed by atoms with E-state index in [4.69, 9.17) is 5.11 Å². The van der Waals surface area contributed by atoms with Crippen molar-refractivity contribution in [3.8, 4) is 0 Å². The van der Waals surface area contributed by atoms with Crippen molar-refractivity contribution in [2.75, 3.05) is 13.1 Å². The van der Waals surface area contributed by atoms with E-state index in [-0.39, 0.29) is 6.54 Å². The molecule has 0 radical (unpaired) electrons. The Morgan fingerprint density at radius 1 is 1.32 bits per heavy atom. The molecule has 0 bridgehead atoms. The van der Waals surface area contributed by atoms with E-state index in [1.807, 2.05) is 0 Å². The number of aliphatic carboxylic acids is 1. The third-order valence-electron chi connectivity index (χ3n) is 3.48. The lowest BCUT2D eigenvalue weighted by Crippen LogP contribution is -2.45. The van der Waals surface area contributed by atoms with Crippen molar-refractivity contribution in [2.24, 2.45) is 11.3 Å². The minimum Gasteiger partial charge on any atom is -0.481 e. The van der Waals surface area contributed by atoms with Crippen LogP contribution in [-0.2, 0) is 9.59 Å². The number of amides is 1. The first kappa shape index (κ1) is 15.8. The molecule has 0 spiro atoms. The molecule has 1 saturated heterocycles. The van der Waals surface area contributed by atoms with E-state index in [1.54, 1.807) is 0 Å². The molecule has 1 fully saturated rings. The van der Waals surface area contributed by atoms with Gasteiger partial charge < -0.3 is 10.0 Å². The molecular formula is C12H18F3NO3. The lowest BCUT2D eigenvalue weighted by atomic mass is 9.87. The van der Waals surface area contributed by atoms with Crippen molar-refractivity contribution < 1.29 is 27.9 Å². The zero-order chi connectivity index (χ0) is 14.8. The second-order valence-electron chi connectivity index (χ2n) is 5.58. The second kappa shape index (κ2) is 5.38. The van der Waals surface area contributed by atoms with Gasteiger partial charge in [0.05, 0.1) is 11.3 Å². The van der Waals surface area contributed by atoms with E-state index in [0.29, 0.717) is 19.4 Å². The highest BCUT2D eigenvalue weighted by molar-refractivity contribution is 5.78. The number of hydrogen-bond acceptors (Lipinski definition) is 2. The van der Waals surface area contributed by atoms with Crippen LogP contribution in [0.2, 0.25) is 0 Å². The van der Waals surface area contributed by atoms with E-state index in [9.17, 15) is 22.8 Å². The average Bonchev–Trinajstić information content (AvgIpc) is 2.27. The molecular weight excluding hydrogens is 263 g/mol. The summed E-state index contributed by atoms with van der Waals surface area (Å²) in [6.07, 6.45) is -4.13. The van der Waals surface area contributed by atoms with Gasteiger partial charge in [-0.3, -0.25) is 9.59 Å². The van der Waals surface area contributed by atoms with Gasteiger partial charge in [-0.2, -0.15) is 13.2 Å². The van der Waals surface area contributed by atoms with Crippen LogP contribution in [0.3, 0.4) is 0 Å². The van der Waals surface area contributed by atoms with E-state index in [2.05, 4.69) is 0 Å². The van der Waals surface area contributed by atoms with Crippen LogP contribution in [0.4, 0.5) is 13.2 Å². The standard InChI is InChI=1S/C12H18F3NO3/c1-11(2,12(13,14)15)6-9(17)16-5-3-4-8(7-16)10(18)19/h8H,3-7H2,1-2H3,(H,18,19). The number of hydrogen-bond donors (Lipinski definition) is 1. The van der Waals surface area contributed by atoms with E-state index < -0.39 is 35.8 Å². The molecule has 1 aliphatic heterocycles. The van der Waals surface area contributed by atoms with Crippen LogP contribution in [0.15, 0.2) is 0 Å². The Balaban J connectivity index is 2.66. The SMILES string of the molecule is CC(C)(CC(=O)N1CCCC(C(=O)O)C1)C(F)(F)F. The summed E-state index contributed by atoms with van der Waals surface area (Å²) in [5, 5.41) is 8.88. The van der Waals surface area contributed by atoms with Gasteiger partial charge in [-0.1, -0.05) is 13.8 Å². The molecule has 0 aromatic rings. The summed E-state index contributed by atoms with van der Waals surface area (Å²) in [4.78, 5) is 23.9. The smallest absolute Gasteiger partial charge is 0.394 e. The van der Waals surface area contributed by atoms with Crippen LogP contribution in [0.25, 0.3) is 0 Å². The van der Waals surface area contributed by atoms with E-state index >= 15 is 0 Å². The van der Waals surface area contributed by atoms with Gasteiger partial charge >= 0.3 is 12.1 Å². The zero-order valence-corrected chi connectivity index (χ0v) is 11.0. The molecule has 1 heterocycles. The first-order chi connectivity index (χ1) is 8.54. The maximum atomic E-state index is 12.7. The normalized spacial score (nSPS) is 21.3. The number of halogens is 3. The summed E-state index contributed by atoms with van der Waals surface area (Å²) in [5.74, 6) is -2.31. The lowest BCUT2D eigenvalue weighted by Gasteiger charge is -2.34. The van der Waals surface area contributed by atoms with Crippen LogP contribution < -0.4 is 0 Å². The number of piperidine rings is 1. The number of carboxylic acids is 1. The highest BCUT2D eigenvalue weighted by Crippen LogP contribution is 2.40. The minimum absolute atomic E-state index is 0.00209. The number of nitrogens with zero attached hydrogens (tertiary/aromatic N) is 1. The molecule has 1 N–H and O–H groups in total. The lowest BCUT2D eigenvalue weighted by molar-refractivity contribution is -0.215. The average molecular weight is 281 g/mol. The highest BCUT2D eigenvalue weighted by atomic mass is 19.4. The second-order valence-corrected chi connectivity index (χ2v) is 5.58. The summed E-state index contributed by atoms with van der Waals surface area (Å²) in [6.45, 7) is 2.28. The number of carbonyl (C=O) groups is 2. The summed E-state index contributed by atoms with van der Waals surface area (Å²) in [5.41, 5.74) is -2.10. The molecule has 110 valence electrons. The molecule has 0 aromatic heterocycles.